The van der Waals surface area contributed by atoms with E-state index in [1.807, 2.05) is 11.8 Å². The van der Waals surface area contributed by atoms with Gasteiger partial charge >= 0.3 is 6.61 Å². The molecule has 1 saturated heterocycles. The lowest BCUT2D eigenvalue weighted by molar-refractivity contribution is -0.124. The standard InChI is InChI=1S/C16H23F2N3O2.2ClH/c1-11(9-19-2)15(22)20-12-7-8-21(10-12)13-5-3-4-6-14(13)23-16(17)18;;/h3-6,11-12,16,19H,7-10H2,1-2H3,(H,20,22);2*1H. The monoisotopic (exact) mass is 399 g/mol. The Balaban J connectivity index is 0.00000288. The van der Waals surface area contributed by atoms with E-state index in [0.29, 0.717) is 25.3 Å². The molecule has 2 atom stereocenters. The maximum absolute atomic E-state index is 12.5. The van der Waals surface area contributed by atoms with Gasteiger partial charge in [-0.15, -0.1) is 24.8 Å². The Morgan fingerprint density at radius 1 is 1.36 bits per heavy atom. The molecule has 2 unspecified atom stereocenters. The van der Waals surface area contributed by atoms with Crippen molar-refractivity contribution in [1.29, 1.82) is 0 Å². The van der Waals surface area contributed by atoms with Crippen molar-refractivity contribution in [3.8, 4) is 5.75 Å². The summed E-state index contributed by atoms with van der Waals surface area (Å²) in [5.41, 5.74) is 0.632. The third kappa shape index (κ3) is 6.84. The predicted octanol–water partition coefficient (Wildman–Crippen LogP) is 2.68. The SMILES string of the molecule is CNCC(C)C(=O)NC1CCN(c2ccccc2OC(F)F)C1.Cl.Cl. The van der Waals surface area contributed by atoms with E-state index in [4.69, 9.17) is 0 Å². The minimum absolute atomic E-state index is 0. The molecular formula is C16H25Cl2F2N3O2. The summed E-state index contributed by atoms with van der Waals surface area (Å²) < 4.78 is 29.6. The molecule has 1 aliphatic heterocycles. The van der Waals surface area contributed by atoms with Crippen LogP contribution in [-0.2, 0) is 4.79 Å². The van der Waals surface area contributed by atoms with E-state index in [1.54, 1.807) is 25.2 Å². The van der Waals surface area contributed by atoms with Crippen LogP contribution in [-0.4, -0.2) is 45.2 Å². The van der Waals surface area contributed by atoms with E-state index in [1.165, 1.54) is 6.07 Å². The molecule has 1 heterocycles. The number of halogens is 4. The van der Waals surface area contributed by atoms with Gasteiger partial charge in [-0.1, -0.05) is 19.1 Å². The van der Waals surface area contributed by atoms with E-state index in [9.17, 15) is 13.6 Å². The number of nitrogens with zero attached hydrogens (tertiary/aromatic N) is 1. The second kappa shape index (κ2) is 11.3. The molecule has 144 valence electrons. The molecule has 2 rings (SSSR count). The third-order valence-electron chi connectivity index (χ3n) is 3.91. The first-order valence-corrected chi connectivity index (χ1v) is 7.75. The summed E-state index contributed by atoms with van der Waals surface area (Å²) in [4.78, 5) is 14.0. The molecule has 0 spiro atoms. The molecule has 1 fully saturated rings. The van der Waals surface area contributed by atoms with Gasteiger partial charge in [-0.2, -0.15) is 8.78 Å². The predicted molar refractivity (Wildman–Crippen MR) is 99.4 cm³/mol. The van der Waals surface area contributed by atoms with E-state index in [2.05, 4.69) is 15.4 Å². The van der Waals surface area contributed by atoms with Crippen LogP contribution in [0.1, 0.15) is 13.3 Å². The molecule has 25 heavy (non-hydrogen) atoms. The minimum Gasteiger partial charge on any atom is -0.433 e. The molecular weight excluding hydrogens is 375 g/mol. The van der Waals surface area contributed by atoms with Crippen LogP contribution in [0.2, 0.25) is 0 Å². The number of rotatable bonds is 7. The Morgan fingerprint density at radius 3 is 2.68 bits per heavy atom. The van der Waals surface area contributed by atoms with Gasteiger partial charge in [-0.25, -0.2) is 0 Å². The summed E-state index contributed by atoms with van der Waals surface area (Å²) in [6.07, 6.45) is 0.779. The van der Waals surface area contributed by atoms with Crippen molar-refractivity contribution < 1.29 is 18.3 Å². The first kappa shape index (κ1) is 23.7. The summed E-state index contributed by atoms with van der Waals surface area (Å²) in [7, 11) is 1.81. The largest absolute Gasteiger partial charge is 0.433 e. The summed E-state index contributed by atoms with van der Waals surface area (Å²) in [6, 6.07) is 6.75. The molecule has 0 aromatic heterocycles. The molecule has 0 saturated carbocycles. The number of amides is 1. The number of carbonyl (C=O) groups excluding carboxylic acids is 1. The number of hydrogen-bond acceptors (Lipinski definition) is 4. The van der Waals surface area contributed by atoms with Crippen molar-refractivity contribution in [2.24, 2.45) is 5.92 Å². The molecule has 2 N–H and O–H groups in total. The van der Waals surface area contributed by atoms with Crippen molar-refractivity contribution in [3.63, 3.8) is 0 Å². The van der Waals surface area contributed by atoms with Crippen molar-refractivity contribution >= 4 is 36.4 Å². The molecule has 1 aromatic rings. The second-order valence-electron chi connectivity index (χ2n) is 5.75. The number of carbonyl (C=O) groups is 1. The zero-order valence-electron chi connectivity index (χ0n) is 14.2. The van der Waals surface area contributed by atoms with Gasteiger partial charge in [0.2, 0.25) is 5.91 Å². The number of alkyl halides is 2. The van der Waals surface area contributed by atoms with E-state index >= 15 is 0 Å². The zero-order chi connectivity index (χ0) is 16.8. The zero-order valence-corrected chi connectivity index (χ0v) is 15.8. The van der Waals surface area contributed by atoms with E-state index in [0.717, 1.165) is 6.42 Å². The Morgan fingerprint density at radius 2 is 2.04 bits per heavy atom. The lowest BCUT2D eigenvalue weighted by Crippen LogP contribution is -2.42. The molecule has 0 radical (unpaired) electrons. The fraction of sp³-hybridized carbons (Fsp3) is 0.562. The van der Waals surface area contributed by atoms with Crippen molar-refractivity contribution in [1.82, 2.24) is 10.6 Å². The van der Waals surface area contributed by atoms with Gasteiger partial charge < -0.3 is 20.3 Å². The molecule has 1 amide bonds. The fourth-order valence-corrected chi connectivity index (χ4v) is 2.75. The highest BCUT2D eigenvalue weighted by atomic mass is 35.5. The maximum atomic E-state index is 12.5. The van der Waals surface area contributed by atoms with Crippen LogP contribution in [0.25, 0.3) is 0 Å². The van der Waals surface area contributed by atoms with E-state index < -0.39 is 6.61 Å². The highest BCUT2D eigenvalue weighted by molar-refractivity contribution is 5.85. The van der Waals surface area contributed by atoms with Crippen molar-refractivity contribution in [2.75, 3.05) is 31.6 Å². The average Bonchev–Trinajstić information content (AvgIpc) is 2.95. The van der Waals surface area contributed by atoms with Crippen LogP contribution in [0.5, 0.6) is 5.75 Å². The van der Waals surface area contributed by atoms with Gasteiger partial charge in [0.15, 0.2) is 0 Å². The van der Waals surface area contributed by atoms with E-state index in [-0.39, 0.29) is 48.4 Å². The minimum atomic E-state index is -2.85. The summed E-state index contributed by atoms with van der Waals surface area (Å²) in [6.45, 7) is 0.908. The van der Waals surface area contributed by atoms with Crippen LogP contribution >= 0.6 is 24.8 Å². The lowest BCUT2D eigenvalue weighted by Gasteiger charge is -2.22. The van der Waals surface area contributed by atoms with Gasteiger partial charge in [0.25, 0.3) is 0 Å². The number of para-hydroxylation sites is 2. The second-order valence-corrected chi connectivity index (χ2v) is 5.75. The molecule has 0 aliphatic carbocycles. The highest BCUT2D eigenvalue weighted by Gasteiger charge is 2.27. The maximum Gasteiger partial charge on any atom is 0.387 e. The van der Waals surface area contributed by atoms with Crippen LogP contribution in [0, 0.1) is 5.92 Å². The van der Waals surface area contributed by atoms with Crippen molar-refractivity contribution in [3.05, 3.63) is 24.3 Å². The van der Waals surface area contributed by atoms with Crippen molar-refractivity contribution in [2.45, 2.75) is 26.0 Å². The van der Waals surface area contributed by atoms with Crippen LogP contribution in [0.15, 0.2) is 24.3 Å². The Hall–Kier alpha value is -1.31. The molecule has 9 heteroatoms. The Bertz CT molecular complexity index is 538. The first-order chi connectivity index (χ1) is 11.0. The van der Waals surface area contributed by atoms with Gasteiger partial charge in [-0.05, 0) is 25.6 Å². The normalized spacial score (nSPS) is 17.5. The number of anilines is 1. The van der Waals surface area contributed by atoms with Gasteiger partial charge in [-0.3, -0.25) is 4.79 Å². The topological polar surface area (TPSA) is 53.6 Å². The van der Waals surface area contributed by atoms with Gasteiger partial charge in [0, 0.05) is 31.6 Å². The number of ether oxygens (including phenoxy) is 1. The third-order valence-corrected chi connectivity index (χ3v) is 3.91. The fourth-order valence-electron chi connectivity index (χ4n) is 2.75. The van der Waals surface area contributed by atoms with Crippen LogP contribution < -0.4 is 20.3 Å². The molecule has 0 bridgehead atoms. The van der Waals surface area contributed by atoms with Gasteiger partial charge in [0.05, 0.1) is 5.69 Å². The van der Waals surface area contributed by atoms with Crippen LogP contribution in [0.4, 0.5) is 14.5 Å². The number of nitrogens with one attached hydrogen (secondary N) is 2. The quantitative estimate of drug-likeness (QED) is 0.739. The number of hydrogen-bond donors (Lipinski definition) is 2. The Kier molecular flexibility index (Phi) is 10.7. The average molecular weight is 400 g/mol. The lowest BCUT2D eigenvalue weighted by atomic mass is 10.1. The van der Waals surface area contributed by atoms with Crippen LogP contribution in [0.3, 0.4) is 0 Å². The van der Waals surface area contributed by atoms with Gasteiger partial charge in [0.1, 0.15) is 5.75 Å². The summed E-state index contributed by atoms with van der Waals surface area (Å²) in [5.74, 6) is 0.0600. The smallest absolute Gasteiger partial charge is 0.387 e. The summed E-state index contributed by atoms with van der Waals surface area (Å²) in [5, 5.41) is 5.99. The Labute approximate surface area is 159 Å². The molecule has 1 aromatic carbocycles. The number of benzene rings is 1. The first-order valence-electron chi connectivity index (χ1n) is 7.75. The molecule has 5 nitrogen and oxygen atoms in total. The summed E-state index contributed by atoms with van der Waals surface area (Å²) >= 11 is 0. The molecule has 1 aliphatic rings. The highest BCUT2D eigenvalue weighted by Crippen LogP contribution is 2.31.